The van der Waals surface area contributed by atoms with Crippen LogP contribution in [-0.4, -0.2) is 37.0 Å². The number of imidazole rings is 1. The Balaban J connectivity index is 2.49. The summed E-state index contributed by atoms with van der Waals surface area (Å²) in [4.78, 5) is 29.8. The summed E-state index contributed by atoms with van der Waals surface area (Å²) >= 11 is 0. The van der Waals surface area contributed by atoms with E-state index in [0.717, 1.165) is 18.7 Å². The maximum Gasteiger partial charge on any atom is 0.309 e. The normalized spacial score (nSPS) is 22.9. The molecule has 2 atom stereocenters. The van der Waals surface area contributed by atoms with Crippen molar-refractivity contribution in [2.24, 2.45) is 5.92 Å². The lowest BCUT2D eigenvalue weighted by Gasteiger charge is -2.38. The number of aryl methyl sites for hydroxylation is 1. The van der Waals surface area contributed by atoms with E-state index in [1.165, 1.54) is 0 Å². The van der Waals surface area contributed by atoms with Crippen LogP contribution in [0.4, 0.5) is 0 Å². The second-order valence-corrected chi connectivity index (χ2v) is 6.54. The van der Waals surface area contributed by atoms with Crippen LogP contribution in [0.5, 0.6) is 0 Å². The van der Waals surface area contributed by atoms with E-state index in [2.05, 4.69) is 11.9 Å². The first-order chi connectivity index (χ1) is 9.77. The number of carboxylic acid groups (broad SMARTS) is 1. The quantitative estimate of drug-likeness (QED) is 0.922. The van der Waals surface area contributed by atoms with Gasteiger partial charge in [0.2, 0.25) is 5.91 Å². The van der Waals surface area contributed by atoms with Crippen molar-refractivity contribution in [3.8, 4) is 0 Å². The number of nitrogens with zero attached hydrogens (tertiary/aromatic N) is 3. The highest BCUT2D eigenvalue weighted by atomic mass is 16.4. The molecule has 2 rings (SSSR count). The summed E-state index contributed by atoms with van der Waals surface area (Å²) in [6, 6.07) is -0.455. The number of aromatic nitrogens is 2. The van der Waals surface area contributed by atoms with Gasteiger partial charge in [-0.1, -0.05) is 6.92 Å². The van der Waals surface area contributed by atoms with Crippen LogP contribution in [0, 0.1) is 5.92 Å². The van der Waals surface area contributed by atoms with Gasteiger partial charge in [0.05, 0.1) is 30.2 Å². The molecule has 0 aliphatic carbocycles. The smallest absolute Gasteiger partial charge is 0.309 e. The molecular weight excluding hydrogens is 270 g/mol. The van der Waals surface area contributed by atoms with Gasteiger partial charge in [0, 0.05) is 18.5 Å². The number of hydrogen-bond acceptors (Lipinski definition) is 3. The number of carboxylic acids is 1. The van der Waals surface area contributed by atoms with Crippen LogP contribution in [0.2, 0.25) is 0 Å². The maximum atomic E-state index is 12.3. The van der Waals surface area contributed by atoms with E-state index in [-0.39, 0.29) is 12.3 Å². The van der Waals surface area contributed by atoms with Crippen molar-refractivity contribution in [3.63, 3.8) is 0 Å². The second kappa shape index (κ2) is 5.50. The Bertz CT molecular complexity index is 545. The Morgan fingerprint density at radius 3 is 2.67 bits per heavy atom. The fourth-order valence-electron chi connectivity index (χ4n) is 3.09. The predicted octanol–water partition coefficient (Wildman–Crippen LogP) is 2.07. The van der Waals surface area contributed by atoms with Gasteiger partial charge >= 0.3 is 5.97 Å². The van der Waals surface area contributed by atoms with Gasteiger partial charge in [-0.25, -0.2) is 4.98 Å². The maximum absolute atomic E-state index is 12.3. The number of carbonyl (C=O) groups is 2. The third kappa shape index (κ3) is 2.80. The van der Waals surface area contributed by atoms with Crippen LogP contribution in [-0.2, 0) is 16.1 Å². The molecule has 6 nitrogen and oxygen atoms in total. The number of carbonyl (C=O) groups excluding carboxylic acids is 1. The van der Waals surface area contributed by atoms with E-state index in [0.29, 0.717) is 0 Å². The number of aliphatic carboxylic acids is 1. The van der Waals surface area contributed by atoms with Crippen LogP contribution in [0.1, 0.15) is 52.3 Å². The molecule has 0 saturated carbocycles. The van der Waals surface area contributed by atoms with Crippen molar-refractivity contribution in [2.75, 3.05) is 0 Å². The van der Waals surface area contributed by atoms with E-state index >= 15 is 0 Å². The average Bonchev–Trinajstić information content (AvgIpc) is 2.92. The van der Waals surface area contributed by atoms with Crippen LogP contribution in [0.3, 0.4) is 0 Å². The Hall–Kier alpha value is -1.85. The number of rotatable bonds is 4. The molecule has 1 N–H and O–H groups in total. The third-order valence-electron chi connectivity index (χ3n) is 3.87. The van der Waals surface area contributed by atoms with Crippen molar-refractivity contribution in [1.82, 2.24) is 14.5 Å². The van der Waals surface area contributed by atoms with E-state index in [9.17, 15) is 14.7 Å². The molecule has 0 radical (unpaired) electrons. The standard InChI is InChI=1S/C15H23N3O3/c1-5-6-17-9-16-8-11(17)13-10(14(20)21)7-12(19)18(13)15(2,3)4/h8-10,13H,5-7H2,1-4H3,(H,20,21). The molecule has 1 amide bonds. The van der Waals surface area contributed by atoms with Crippen molar-refractivity contribution >= 4 is 11.9 Å². The number of hydrogen-bond donors (Lipinski definition) is 1. The molecule has 1 aliphatic rings. The largest absolute Gasteiger partial charge is 0.481 e. The minimum atomic E-state index is -0.927. The highest BCUT2D eigenvalue weighted by Crippen LogP contribution is 2.42. The molecule has 1 aromatic heterocycles. The van der Waals surface area contributed by atoms with Crippen molar-refractivity contribution in [3.05, 3.63) is 18.2 Å². The number of likely N-dealkylation sites (tertiary alicyclic amines) is 1. The molecule has 2 unspecified atom stereocenters. The van der Waals surface area contributed by atoms with Gasteiger partial charge in [-0.05, 0) is 27.2 Å². The first kappa shape index (κ1) is 15.5. The highest BCUT2D eigenvalue weighted by molar-refractivity contribution is 5.87. The summed E-state index contributed by atoms with van der Waals surface area (Å²) in [5.74, 6) is -1.75. The zero-order chi connectivity index (χ0) is 15.8. The first-order valence-electron chi connectivity index (χ1n) is 7.32. The summed E-state index contributed by atoms with van der Waals surface area (Å²) in [6.45, 7) is 8.62. The molecule has 2 heterocycles. The predicted molar refractivity (Wildman–Crippen MR) is 77.6 cm³/mol. The van der Waals surface area contributed by atoms with E-state index < -0.39 is 23.5 Å². The summed E-state index contributed by atoms with van der Waals surface area (Å²) in [6.07, 6.45) is 4.38. The van der Waals surface area contributed by atoms with Crippen LogP contribution in [0.25, 0.3) is 0 Å². The molecule has 1 fully saturated rings. The second-order valence-electron chi connectivity index (χ2n) is 6.54. The van der Waals surface area contributed by atoms with Gasteiger partial charge in [0.25, 0.3) is 0 Å². The minimum absolute atomic E-state index is 0.0502. The SMILES string of the molecule is CCCn1cncc1C1C(C(=O)O)CC(=O)N1C(C)(C)C. The van der Waals surface area contributed by atoms with Gasteiger partial charge in [-0.3, -0.25) is 9.59 Å². The Labute approximate surface area is 124 Å². The summed E-state index contributed by atoms with van der Waals surface area (Å²) < 4.78 is 1.96. The Morgan fingerprint density at radius 1 is 1.48 bits per heavy atom. The van der Waals surface area contributed by atoms with Gasteiger partial charge in [-0.2, -0.15) is 0 Å². The molecule has 1 saturated heterocycles. The molecule has 1 aromatic rings. The number of amides is 1. The van der Waals surface area contributed by atoms with Gasteiger partial charge in [-0.15, -0.1) is 0 Å². The van der Waals surface area contributed by atoms with Crippen molar-refractivity contribution in [2.45, 2.75) is 58.7 Å². The van der Waals surface area contributed by atoms with Crippen LogP contribution in [0.15, 0.2) is 12.5 Å². The summed E-state index contributed by atoms with van der Waals surface area (Å²) in [5, 5.41) is 9.50. The molecular formula is C15H23N3O3. The third-order valence-corrected chi connectivity index (χ3v) is 3.87. The van der Waals surface area contributed by atoms with E-state index in [1.54, 1.807) is 17.4 Å². The monoisotopic (exact) mass is 293 g/mol. The fraction of sp³-hybridized carbons (Fsp3) is 0.667. The minimum Gasteiger partial charge on any atom is -0.481 e. The van der Waals surface area contributed by atoms with Gasteiger partial charge < -0.3 is 14.6 Å². The van der Waals surface area contributed by atoms with Gasteiger partial charge in [0.1, 0.15) is 0 Å². The highest BCUT2D eigenvalue weighted by Gasteiger charge is 2.49. The lowest BCUT2D eigenvalue weighted by atomic mass is 9.95. The molecule has 116 valence electrons. The first-order valence-corrected chi connectivity index (χ1v) is 7.32. The fourth-order valence-corrected chi connectivity index (χ4v) is 3.09. The average molecular weight is 293 g/mol. The molecule has 0 aromatic carbocycles. The molecule has 6 heteroatoms. The lowest BCUT2D eigenvalue weighted by molar-refractivity contribution is -0.143. The zero-order valence-corrected chi connectivity index (χ0v) is 13.0. The summed E-state index contributed by atoms with van der Waals surface area (Å²) in [7, 11) is 0. The van der Waals surface area contributed by atoms with Crippen molar-refractivity contribution < 1.29 is 14.7 Å². The summed E-state index contributed by atoms with van der Waals surface area (Å²) in [5.41, 5.74) is 0.387. The zero-order valence-electron chi connectivity index (χ0n) is 13.0. The van der Waals surface area contributed by atoms with Crippen LogP contribution < -0.4 is 0 Å². The topological polar surface area (TPSA) is 75.4 Å². The van der Waals surface area contributed by atoms with Gasteiger partial charge in [0.15, 0.2) is 0 Å². The lowest BCUT2D eigenvalue weighted by Crippen LogP contribution is -2.45. The van der Waals surface area contributed by atoms with Crippen molar-refractivity contribution in [1.29, 1.82) is 0 Å². The Morgan fingerprint density at radius 2 is 2.14 bits per heavy atom. The molecule has 21 heavy (non-hydrogen) atoms. The van der Waals surface area contributed by atoms with E-state index in [4.69, 9.17) is 0 Å². The molecule has 1 aliphatic heterocycles. The Kier molecular flexibility index (Phi) is 4.07. The molecule has 0 bridgehead atoms. The van der Waals surface area contributed by atoms with Crippen LogP contribution >= 0.6 is 0 Å². The van der Waals surface area contributed by atoms with E-state index in [1.807, 2.05) is 25.3 Å². The molecule has 0 spiro atoms.